The first-order valence-corrected chi connectivity index (χ1v) is 8.75. The van der Waals surface area contributed by atoms with Gasteiger partial charge in [-0.05, 0) is 25.5 Å². The minimum absolute atomic E-state index is 0.0200. The molecule has 8 nitrogen and oxygen atoms in total. The first-order valence-electron chi connectivity index (χ1n) is 8.75. The van der Waals surface area contributed by atoms with Gasteiger partial charge in [0.2, 0.25) is 5.82 Å². The van der Waals surface area contributed by atoms with Crippen LogP contribution in [0.25, 0.3) is 0 Å². The van der Waals surface area contributed by atoms with Crippen LogP contribution in [0, 0.1) is 0 Å². The van der Waals surface area contributed by atoms with Gasteiger partial charge >= 0.3 is 6.18 Å². The van der Waals surface area contributed by atoms with Gasteiger partial charge in [-0.2, -0.15) is 13.2 Å². The molecule has 0 aliphatic carbocycles. The van der Waals surface area contributed by atoms with Gasteiger partial charge in [-0.25, -0.2) is 0 Å². The third-order valence-corrected chi connectivity index (χ3v) is 4.70. The molecule has 1 aliphatic heterocycles. The third kappa shape index (κ3) is 3.66. The first kappa shape index (κ1) is 20.1. The quantitative estimate of drug-likeness (QED) is 0.715. The van der Waals surface area contributed by atoms with Crippen molar-refractivity contribution in [3.8, 4) is 0 Å². The fourth-order valence-electron chi connectivity index (χ4n) is 3.28. The van der Waals surface area contributed by atoms with Crippen LogP contribution in [0.4, 0.5) is 13.2 Å². The van der Waals surface area contributed by atoms with Crippen molar-refractivity contribution in [1.29, 1.82) is 0 Å². The maximum Gasteiger partial charge on any atom is 0.451 e. The highest BCUT2D eigenvalue weighted by Gasteiger charge is 2.42. The Bertz CT molecular complexity index is 921. The molecule has 0 aromatic carbocycles. The van der Waals surface area contributed by atoms with E-state index in [0.717, 1.165) is 4.57 Å². The molecule has 0 radical (unpaired) electrons. The van der Waals surface area contributed by atoms with Crippen molar-refractivity contribution in [3.05, 3.63) is 45.9 Å². The van der Waals surface area contributed by atoms with Crippen LogP contribution in [0.15, 0.2) is 23.1 Å². The fraction of sp³-hybridized carbons (Fsp3) is 0.529. The predicted octanol–water partition coefficient (Wildman–Crippen LogP) is 1.71. The Kier molecular flexibility index (Phi) is 5.54. The molecule has 1 amide bonds. The molecule has 2 aromatic rings. The molecule has 0 spiro atoms. The topological polar surface area (TPSA) is 82.2 Å². The average Bonchev–Trinajstić information content (AvgIpc) is 3.08. The number of hydrogen-bond donors (Lipinski definition) is 0. The number of fused-ring (bicyclic) bond motifs is 1. The van der Waals surface area contributed by atoms with Gasteiger partial charge in [0.25, 0.3) is 11.5 Å². The van der Waals surface area contributed by atoms with Gasteiger partial charge < -0.3 is 18.8 Å². The lowest BCUT2D eigenvalue weighted by molar-refractivity contribution is -0.148. The minimum atomic E-state index is -4.62. The Morgan fingerprint density at radius 3 is 2.75 bits per heavy atom. The molecule has 3 rings (SSSR count). The Morgan fingerprint density at radius 2 is 2.07 bits per heavy atom. The largest absolute Gasteiger partial charge is 0.451 e. The molecule has 2 aromatic heterocycles. The zero-order valence-corrected chi connectivity index (χ0v) is 15.4. The number of alkyl halides is 3. The van der Waals surface area contributed by atoms with Crippen molar-refractivity contribution < 1.29 is 22.7 Å². The monoisotopic (exact) mass is 399 g/mol. The number of aromatic nitrogens is 4. The van der Waals surface area contributed by atoms with E-state index in [1.165, 1.54) is 15.5 Å². The maximum absolute atomic E-state index is 13.0. The fourth-order valence-corrected chi connectivity index (χ4v) is 3.28. The molecule has 0 saturated carbocycles. The van der Waals surface area contributed by atoms with E-state index in [1.807, 2.05) is 0 Å². The third-order valence-electron chi connectivity index (χ3n) is 4.70. The molecule has 1 atom stereocenters. The van der Waals surface area contributed by atoms with Gasteiger partial charge in [0, 0.05) is 39.5 Å². The summed E-state index contributed by atoms with van der Waals surface area (Å²) in [5.74, 6) is -1.58. The van der Waals surface area contributed by atoms with Crippen molar-refractivity contribution in [3.63, 3.8) is 0 Å². The Balaban J connectivity index is 1.85. The summed E-state index contributed by atoms with van der Waals surface area (Å²) in [7, 11) is 1.56. The van der Waals surface area contributed by atoms with E-state index in [9.17, 15) is 22.8 Å². The normalized spacial score (nSPS) is 16.9. The van der Waals surface area contributed by atoms with Crippen LogP contribution in [0.3, 0.4) is 0 Å². The molecule has 28 heavy (non-hydrogen) atoms. The van der Waals surface area contributed by atoms with E-state index in [0.29, 0.717) is 19.6 Å². The number of amides is 1. The second-order valence-electron chi connectivity index (χ2n) is 6.47. The molecule has 11 heteroatoms. The highest BCUT2D eigenvalue weighted by atomic mass is 19.4. The number of carbonyl (C=O) groups is 1. The van der Waals surface area contributed by atoms with Gasteiger partial charge in [-0.1, -0.05) is 0 Å². The second kappa shape index (κ2) is 7.74. The molecule has 3 heterocycles. The summed E-state index contributed by atoms with van der Waals surface area (Å²) >= 11 is 0. The number of rotatable bonds is 5. The van der Waals surface area contributed by atoms with Crippen molar-refractivity contribution in [1.82, 2.24) is 24.2 Å². The highest BCUT2D eigenvalue weighted by Crippen LogP contribution is 2.32. The summed E-state index contributed by atoms with van der Waals surface area (Å²) < 4.78 is 46.4. The number of carbonyl (C=O) groups excluding carboxylic acids is 1. The van der Waals surface area contributed by atoms with Gasteiger partial charge in [-0.15, -0.1) is 10.2 Å². The molecule has 1 unspecified atom stereocenters. The summed E-state index contributed by atoms with van der Waals surface area (Å²) in [6.07, 6.45) is -2.43. The zero-order valence-electron chi connectivity index (χ0n) is 15.4. The molecular weight excluding hydrogens is 379 g/mol. The van der Waals surface area contributed by atoms with E-state index >= 15 is 0 Å². The molecular formula is C17H20F3N5O3. The van der Waals surface area contributed by atoms with Crippen molar-refractivity contribution in [2.75, 3.05) is 20.3 Å². The molecule has 0 fully saturated rings. The first-order chi connectivity index (χ1) is 13.3. The summed E-state index contributed by atoms with van der Waals surface area (Å²) in [5, 5.41) is 6.85. The minimum Gasteiger partial charge on any atom is -0.385 e. The molecule has 152 valence electrons. The van der Waals surface area contributed by atoms with Crippen molar-refractivity contribution in [2.24, 2.45) is 0 Å². The van der Waals surface area contributed by atoms with Crippen molar-refractivity contribution in [2.45, 2.75) is 38.7 Å². The zero-order chi connectivity index (χ0) is 20.5. The van der Waals surface area contributed by atoms with Gasteiger partial charge in [0.15, 0.2) is 5.82 Å². The Morgan fingerprint density at radius 1 is 1.32 bits per heavy atom. The van der Waals surface area contributed by atoms with Gasteiger partial charge in [-0.3, -0.25) is 9.59 Å². The van der Waals surface area contributed by atoms with E-state index < -0.39 is 29.5 Å². The predicted molar refractivity (Wildman–Crippen MR) is 91.7 cm³/mol. The maximum atomic E-state index is 13.0. The molecule has 0 N–H and O–H groups in total. The van der Waals surface area contributed by atoms with Crippen LogP contribution >= 0.6 is 0 Å². The lowest BCUT2D eigenvalue weighted by Gasteiger charge is -2.33. The van der Waals surface area contributed by atoms with Crippen molar-refractivity contribution >= 4 is 5.91 Å². The average molecular weight is 399 g/mol. The van der Waals surface area contributed by atoms with E-state index in [-0.39, 0.29) is 24.5 Å². The number of nitrogens with zero attached hydrogens (tertiary/aromatic N) is 5. The van der Waals surface area contributed by atoms with E-state index in [2.05, 4.69) is 10.2 Å². The summed E-state index contributed by atoms with van der Waals surface area (Å²) in [4.78, 5) is 26.9. The molecule has 0 bridgehead atoms. The van der Waals surface area contributed by atoms with Gasteiger partial charge in [0.05, 0.1) is 6.04 Å². The summed E-state index contributed by atoms with van der Waals surface area (Å²) in [5.41, 5.74) is -0.477. The van der Waals surface area contributed by atoms with E-state index in [1.54, 1.807) is 26.3 Å². The van der Waals surface area contributed by atoms with Crippen LogP contribution < -0.4 is 5.56 Å². The standard InChI is InChI=1S/C17H20F3N5O3/c1-11-13-21-22-16(17(18,19)20)25(13)9-8-24(11)15(27)12-5-3-6-23(14(12)26)7-4-10-28-2/h3,5-6,11H,4,7-10H2,1-2H3. The summed E-state index contributed by atoms with van der Waals surface area (Å²) in [6.45, 7) is 2.36. The highest BCUT2D eigenvalue weighted by molar-refractivity contribution is 5.94. The number of pyridine rings is 1. The smallest absolute Gasteiger partial charge is 0.385 e. The van der Waals surface area contributed by atoms with E-state index in [4.69, 9.17) is 4.74 Å². The number of halogens is 3. The van der Waals surface area contributed by atoms with Crippen LogP contribution in [0.2, 0.25) is 0 Å². The summed E-state index contributed by atoms with van der Waals surface area (Å²) in [6, 6.07) is 2.27. The van der Waals surface area contributed by atoms with Crippen LogP contribution in [-0.4, -0.2) is 50.4 Å². The molecule has 0 saturated heterocycles. The molecule has 1 aliphatic rings. The van der Waals surface area contributed by atoms with Crippen LogP contribution in [-0.2, 0) is 24.0 Å². The number of methoxy groups -OCH3 is 1. The second-order valence-corrected chi connectivity index (χ2v) is 6.47. The number of ether oxygens (including phenoxy) is 1. The lowest BCUT2D eigenvalue weighted by atomic mass is 10.1. The van der Waals surface area contributed by atoms with Crippen LogP contribution in [0.5, 0.6) is 0 Å². The Hall–Kier alpha value is -2.69. The van der Waals surface area contributed by atoms with Gasteiger partial charge in [0.1, 0.15) is 5.56 Å². The SMILES string of the molecule is COCCCn1cccc(C(=O)N2CCn3c(nnc3C(F)(F)F)C2C)c1=O. The van der Waals surface area contributed by atoms with Crippen LogP contribution in [0.1, 0.15) is 41.4 Å². The number of aryl methyl sites for hydroxylation is 1. The lowest BCUT2D eigenvalue weighted by Crippen LogP contribution is -2.44. The Labute approximate surface area is 158 Å². The number of hydrogen-bond acceptors (Lipinski definition) is 5.